The maximum atomic E-state index is 2.34. The van der Waals surface area contributed by atoms with E-state index in [1.165, 1.54) is 22.5 Å². The van der Waals surface area contributed by atoms with Crippen LogP contribution in [0, 0.1) is 6.92 Å². The number of hydrogen-bond donors (Lipinski definition) is 0. The summed E-state index contributed by atoms with van der Waals surface area (Å²) < 4.78 is 4.52. The number of aryl methyl sites for hydroxylation is 2. The van der Waals surface area contributed by atoms with Crippen LogP contribution in [0.15, 0.2) is 54.9 Å². The molecule has 0 saturated heterocycles. The zero-order valence-corrected chi connectivity index (χ0v) is 10.8. The van der Waals surface area contributed by atoms with Gasteiger partial charge in [-0.3, -0.25) is 0 Å². The van der Waals surface area contributed by atoms with Crippen molar-refractivity contribution < 1.29 is 4.40 Å². The lowest BCUT2D eigenvalue weighted by atomic mass is 10.1. The van der Waals surface area contributed by atoms with Crippen molar-refractivity contribution in [2.45, 2.75) is 20.4 Å². The minimum atomic E-state index is 0.976. The molecule has 18 heavy (non-hydrogen) atoms. The van der Waals surface area contributed by atoms with E-state index < -0.39 is 0 Å². The van der Waals surface area contributed by atoms with Crippen LogP contribution in [0.1, 0.15) is 12.5 Å². The van der Waals surface area contributed by atoms with Crippen molar-refractivity contribution in [3.8, 4) is 11.3 Å². The fourth-order valence-corrected chi connectivity index (χ4v) is 2.40. The van der Waals surface area contributed by atoms with E-state index in [0.29, 0.717) is 0 Å². The third-order valence-electron chi connectivity index (χ3n) is 3.36. The van der Waals surface area contributed by atoms with Crippen LogP contribution in [-0.4, -0.2) is 4.57 Å². The summed E-state index contributed by atoms with van der Waals surface area (Å²) in [6.45, 7) is 5.28. The van der Waals surface area contributed by atoms with E-state index in [9.17, 15) is 0 Å². The highest BCUT2D eigenvalue weighted by atomic mass is 15.1. The summed E-state index contributed by atoms with van der Waals surface area (Å²) in [5.41, 5.74) is 5.07. The third-order valence-corrected chi connectivity index (χ3v) is 3.36. The highest BCUT2D eigenvalue weighted by Crippen LogP contribution is 2.20. The number of nitrogens with zero attached hydrogens (tertiary/aromatic N) is 2. The molecule has 2 heterocycles. The number of rotatable bonds is 2. The molecule has 0 unspecified atom stereocenters. The molecule has 0 radical (unpaired) electrons. The standard InChI is InChI=1S/C16H17N2/c1-3-18-15(14-9-7-13(2)8-10-14)12-17-11-5-4-6-16(17)18/h4-12H,3H2,1-2H3/q+1. The summed E-state index contributed by atoms with van der Waals surface area (Å²) in [6, 6.07) is 15.0. The third kappa shape index (κ3) is 1.70. The van der Waals surface area contributed by atoms with E-state index in [1.807, 2.05) is 0 Å². The normalized spacial score (nSPS) is 11.0. The second-order valence-corrected chi connectivity index (χ2v) is 4.59. The van der Waals surface area contributed by atoms with Gasteiger partial charge >= 0.3 is 0 Å². The van der Waals surface area contributed by atoms with Crippen LogP contribution in [0.4, 0.5) is 0 Å². The predicted octanol–water partition coefficient (Wildman–Crippen LogP) is 3.22. The van der Waals surface area contributed by atoms with Gasteiger partial charge in [0.15, 0.2) is 5.69 Å². The zero-order chi connectivity index (χ0) is 12.5. The van der Waals surface area contributed by atoms with Crippen molar-refractivity contribution in [1.82, 2.24) is 4.57 Å². The van der Waals surface area contributed by atoms with Crippen LogP contribution < -0.4 is 4.40 Å². The molecular weight excluding hydrogens is 220 g/mol. The number of fused-ring (bicyclic) bond motifs is 1. The molecule has 0 atom stereocenters. The van der Waals surface area contributed by atoms with Crippen LogP contribution >= 0.6 is 0 Å². The molecule has 3 aromatic rings. The summed E-state index contributed by atoms with van der Waals surface area (Å²) in [4.78, 5) is 0. The molecule has 3 rings (SSSR count). The summed E-state index contributed by atoms with van der Waals surface area (Å²) in [5, 5.41) is 0. The van der Waals surface area contributed by atoms with Gasteiger partial charge in [0.1, 0.15) is 6.20 Å². The molecule has 0 aliphatic carbocycles. The lowest BCUT2D eigenvalue weighted by molar-refractivity contribution is -0.510. The smallest absolute Gasteiger partial charge is 0.223 e. The van der Waals surface area contributed by atoms with Crippen LogP contribution in [-0.2, 0) is 6.54 Å². The van der Waals surface area contributed by atoms with E-state index in [-0.39, 0.29) is 0 Å². The molecule has 2 heteroatoms. The molecular formula is C16H17N2+. The average molecular weight is 237 g/mol. The minimum absolute atomic E-state index is 0.976. The monoisotopic (exact) mass is 237 g/mol. The highest BCUT2D eigenvalue weighted by molar-refractivity contribution is 5.61. The van der Waals surface area contributed by atoms with Crippen LogP contribution in [0.2, 0.25) is 0 Å². The van der Waals surface area contributed by atoms with Crippen molar-refractivity contribution >= 4 is 5.65 Å². The van der Waals surface area contributed by atoms with Gasteiger partial charge in [-0.1, -0.05) is 35.9 Å². The molecule has 0 aliphatic heterocycles. The van der Waals surface area contributed by atoms with E-state index >= 15 is 0 Å². The first-order valence-electron chi connectivity index (χ1n) is 6.36. The Balaban J connectivity index is 2.25. The van der Waals surface area contributed by atoms with Gasteiger partial charge in [0.05, 0.1) is 12.7 Å². The van der Waals surface area contributed by atoms with Gasteiger partial charge in [0.2, 0.25) is 0 Å². The van der Waals surface area contributed by atoms with Gasteiger partial charge in [0, 0.05) is 11.6 Å². The van der Waals surface area contributed by atoms with Gasteiger partial charge in [-0.2, -0.15) is 0 Å². The Hall–Kier alpha value is -2.09. The summed E-state index contributed by atoms with van der Waals surface area (Å²) in [7, 11) is 0. The van der Waals surface area contributed by atoms with Crippen molar-refractivity contribution in [2.75, 3.05) is 0 Å². The summed E-state index contributed by atoms with van der Waals surface area (Å²) in [5.74, 6) is 0. The Bertz CT molecular complexity index is 678. The number of imidazole rings is 1. The van der Waals surface area contributed by atoms with Crippen molar-refractivity contribution in [1.29, 1.82) is 0 Å². The van der Waals surface area contributed by atoms with Crippen molar-refractivity contribution in [3.63, 3.8) is 0 Å². The predicted molar refractivity (Wildman–Crippen MR) is 73.4 cm³/mol. The summed E-state index contributed by atoms with van der Waals surface area (Å²) >= 11 is 0. The number of hydrogen-bond acceptors (Lipinski definition) is 0. The molecule has 90 valence electrons. The van der Waals surface area contributed by atoms with Gasteiger partial charge in [-0.05, 0) is 19.9 Å². The van der Waals surface area contributed by atoms with E-state index in [1.54, 1.807) is 0 Å². The number of aromatic nitrogens is 2. The van der Waals surface area contributed by atoms with E-state index in [4.69, 9.17) is 0 Å². The molecule has 0 saturated carbocycles. The minimum Gasteiger partial charge on any atom is -0.223 e. The maximum Gasteiger partial charge on any atom is 0.286 e. The Morgan fingerprint density at radius 3 is 2.56 bits per heavy atom. The Kier molecular flexibility index (Phi) is 2.63. The SMILES string of the molecule is CCn1c(-c2ccc(C)cc2)c[n+]2ccccc12. The first-order valence-corrected chi connectivity index (χ1v) is 6.36. The number of benzene rings is 1. The van der Waals surface area contributed by atoms with Crippen LogP contribution in [0.5, 0.6) is 0 Å². The Labute approximate surface area is 107 Å². The first-order chi connectivity index (χ1) is 8.79. The molecule has 0 bridgehead atoms. The topological polar surface area (TPSA) is 9.03 Å². The molecule has 2 nitrogen and oxygen atoms in total. The number of pyridine rings is 1. The molecule has 0 amide bonds. The van der Waals surface area contributed by atoms with E-state index in [2.05, 4.69) is 77.7 Å². The molecule has 0 fully saturated rings. The molecule has 2 aromatic heterocycles. The van der Waals surface area contributed by atoms with Crippen LogP contribution in [0.3, 0.4) is 0 Å². The molecule has 0 aliphatic rings. The van der Waals surface area contributed by atoms with Crippen LogP contribution in [0.25, 0.3) is 16.9 Å². The zero-order valence-electron chi connectivity index (χ0n) is 10.8. The van der Waals surface area contributed by atoms with Crippen molar-refractivity contribution in [2.24, 2.45) is 0 Å². The van der Waals surface area contributed by atoms with Crippen molar-refractivity contribution in [3.05, 3.63) is 60.4 Å². The first kappa shape index (κ1) is 11.0. The molecule has 0 spiro atoms. The second kappa shape index (κ2) is 4.30. The lowest BCUT2D eigenvalue weighted by Crippen LogP contribution is -2.17. The molecule has 0 N–H and O–H groups in total. The van der Waals surface area contributed by atoms with Gasteiger partial charge in [-0.15, -0.1) is 0 Å². The van der Waals surface area contributed by atoms with Gasteiger partial charge in [0.25, 0.3) is 5.65 Å². The Morgan fingerprint density at radius 2 is 1.83 bits per heavy atom. The Morgan fingerprint density at radius 1 is 1.06 bits per heavy atom. The second-order valence-electron chi connectivity index (χ2n) is 4.59. The average Bonchev–Trinajstić information content (AvgIpc) is 2.78. The fraction of sp³-hybridized carbons (Fsp3) is 0.188. The highest BCUT2D eigenvalue weighted by Gasteiger charge is 2.16. The fourth-order valence-electron chi connectivity index (χ4n) is 2.40. The lowest BCUT2D eigenvalue weighted by Gasteiger charge is -2.00. The van der Waals surface area contributed by atoms with Gasteiger partial charge in [-0.25, -0.2) is 8.97 Å². The largest absolute Gasteiger partial charge is 0.286 e. The molecule has 1 aromatic carbocycles. The van der Waals surface area contributed by atoms with Gasteiger partial charge < -0.3 is 0 Å². The maximum absolute atomic E-state index is 2.34. The van der Waals surface area contributed by atoms with E-state index in [0.717, 1.165) is 6.54 Å². The summed E-state index contributed by atoms with van der Waals surface area (Å²) in [6.07, 6.45) is 4.29. The quantitative estimate of drug-likeness (QED) is 0.605.